The lowest BCUT2D eigenvalue weighted by molar-refractivity contribution is -0.137. The average molecular weight is 362 g/mol. The van der Waals surface area contributed by atoms with Crippen molar-refractivity contribution in [3.8, 4) is 5.75 Å². The van der Waals surface area contributed by atoms with Crippen LogP contribution in [0.2, 0.25) is 0 Å². The minimum atomic E-state index is -4.51. The molecule has 0 radical (unpaired) electrons. The highest BCUT2D eigenvalue weighted by molar-refractivity contribution is 5.79. The van der Waals surface area contributed by atoms with E-state index in [9.17, 15) is 23.1 Å². The zero-order valence-electron chi connectivity index (χ0n) is 13.9. The first-order chi connectivity index (χ1) is 12.3. The number of alkyl halides is 3. The summed E-state index contributed by atoms with van der Waals surface area (Å²) in [6, 6.07) is 10.0. The van der Waals surface area contributed by atoms with Crippen LogP contribution in [0.1, 0.15) is 23.6 Å². The molecule has 0 unspecified atom stereocenters. The van der Waals surface area contributed by atoms with E-state index in [1.165, 1.54) is 0 Å². The summed E-state index contributed by atoms with van der Waals surface area (Å²) in [6.45, 7) is 2.00. The van der Waals surface area contributed by atoms with Crippen molar-refractivity contribution in [2.75, 3.05) is 5.32 Å². The summed E-state index contributed by atoms with van der Waals surface area (Å²) < 4.78 is 38.4. The van der Waals surface area contributed by atoms with E-state index < -0.39 is 11.7 Å². The Labute approximate surface area is 147 Å². The molecule has 0 atom stereocenters. The van der Waals surface area contributed by atoms with Gasteiger partial charge in [0.05, 0.1) is 11.3 Å². The van der Waals surface area contributed by atoms with E-state index >= 15 is 0 Å². The van der Waals surface area contributed by atoms with E-state index in [2.05, 4.69) is 10.3 Å². The molecule has 0 amide bonds. The Morgan fingerprint density at radius 1 is 1.12 bits per heavy atom. The molecule has 1 aromatic heterocycles. The number of nitrogens with one attached hydrogen (secondary N) is 2. The highest BCUT2D eigenvalue weighted by Crippen LogP contribution is 2.34. The third kappa shape index (κ3) is 3.66. The highest BCUT2D eigenvalue weighted by Gasteiger charge is 2.31. The minimum absolute atomic E-state index is 0.0174. The largest absolute Gasteiger partial charge is 0.506 e. The second-order valence-electron chi connectivity index (χ2n) is 5.98. The number of aromatic hydroxyl groups is 1. The molecule has 0 aliphatic carbocycles. The van der Waals surface area contributed by atoms with Gasteiger partial charge in [-0.15, -0.1) is 0 Å². The van der Waals surface area contributed by atoms with Crippen LogP contribution < -0.4 is 10.9 Å². The van der Waals surface area contributed by atoms with Crippen LogP contribution in [0.5, 0.6) is 5.75 Å². The number of halogens is 3. The molecule has 0 saturated heterocycles. The van der Waals surface area contributed by atoms with Gasteiger partial charge in [-0.2, -0.15) is 13.2 Å². The van der Waals surface area contributed by atoms with Crippen molar-refractivity contribution in [2.24, 2.45) is 0 Å². The maximum absolute atomic E-state index is 12.8. The number of phenolic OH excluding ortho intramolecular Hbond substituents is 1. The zero-order valence-corrected chi connectivity index (χ0v) is 13.9. The predicted octanol–water partition coefficient (Wildman–Crippen LogP) is 4.43. The number of hydrogen-bond donors (Lipinski definition) is 3. The maximum atomic E-state index is 12.8. The van der Waals surface area contributed by atoms with Crippen LogP contribution in [-0.4, -0.2) is 10.1 Å². The van der Waals surface area contributed by atoms with Crippen molar-refractivity contribution in [2.45, 2.75) is 26.1 Å². The SMILES string of the molecule is CCc1ccc2[nH]c(=O)c(CNc3cc(C(F)(F)F)ccc3O)cc2c1. The Balaban J connectivity index is 1.90. The van der Waals surface area contributed by atoms with Crippen LogP contribution in [0.4, 0.5) is 18.9 Å². The number of anilines is 1. The predicted molar refractivity (Wildman–Crippen MR) is 94.4 cm³/mol. The molecule has 2 aromatic carbocycles. The summed E-state index contributed by atoms with van der Waals surface area (Å²) in [4.78, 5) is 14.9. The Morgan fingerprint density at radius 2 is 1.88 bits per heavy atom. The third-order valence-electron chi connectivity index (χ3n) is 4.19. The van der Waals surface area contributed by atoms with Gasteiger partial charge in [-0.25, -0.2) is 0 Å². The number of aromatic nitrogens is 1. The summed E-state index contributed by atoms with van der Waals surface area (Å²) in [5, 5.41) is 13.3. The molecule has 0 spiro atoms. The van der Waals surface area contributed by atoms with Gasteiger partial charge >= 0.3 is 6.18 Å². The molecule has 26 heavy (non-hydrogen) atoms. The van der Waals surface area contributed by atoms with Crippen molar-refractivity contribution in [3.05, 3.63) is 69.5 Å². The van der Waals surface area contributed by atoms with Gasteiger partial charge < -0.3 is 15.4 Å². The van der Waals surface area contributed by atoms with Gasteiger partial charge in [0.15, 0.2) is 0 Å². The molecule has 7 heteroatoms. The van der Waals surface area contributed by atoms with Gasteiger partial charge in [0.25, 0.3) is 5.56 Å². The molecule has 0 aliphatic rings. The van der Waals surface area contributed by atoms with E-state index in [0.717, 1.165) is 35.6 Å². The first-order valence-corrected chi connectivity index (χ1v) is 8.07. The lowest BCUT2D eigenvalue weighted by atomic mass is 10.1. The Morgan fingerprint density at radius 3 is 2.58 bits per heavy atom. The number of benzene rings is 2. The Hall–Kier alpha value is -2.96. The van der Waals surface area contributed by atoms with E-state index in [4.69, 9.17) is 0 Å². The molecular formula is C19H17F3N2O2. The van der Waals surface area contributed by atoms with Crippen molar-refractivity contribution >= 4 is 16.6 Å². The monoisotopic (exact) mass is 362 g/mol. The lowest BCUT2D eigenvalue weighted by Gasteiger charge is -2.12. The standard InChI is InChI=1S/C19H17F3N2O2/c1-2-11-3-5-15-12(7-11)8-13(18(26)24-15)10-23-16-9-14(19(20,21)22)4-6-17(16)25/h3-9,23,25H,2,10H2,1H3,(H,24,26). The lowest BCUT2D eigenvalue weighted by Crippen LogP contribution is -2.16. The van der Waals surface area contributed by atoms with Gasteiger partial charge in [-0.1, -0.05) is 13.0 Å². The molecule has 0 aliphatic heterocycles. The van der Waals surface area contributed by atoms with Crippen LogP contribution in [0.3, 0.4) is 0 Å². The second-order valence-corrected chi connectivity index (χ2v) is 5.98. The summed E-state index contributed by atoms with van der Waals surface area (Å²) in [6.07, 6.45) is -3.66. The molecule has 3 aromatic rings. The van der Waals surface area contributed by atoms with E-state index in [1.54, 1.807) is 6.07 Å². The first kappa shape index (κ1) is 17.8. The number of aromatic amines is 1. The quantitative estimate of drug-likeness (QED) is 0.602. The smallest absolute Gasteiger partial charge is 0.416 e. The minimum Gasteiger partial charge on any atom is -0.506 e. The molecule has 0 bridgehead atoms. The van der Waals surface area contributed by atoms with Crippen LogP contribution in [0.25, 0.3) is 10.9 Å². The molecular weight excluding hydrogens is 345 g/mol. The summed E-state index contributed by atoms with van der Waals surface area (Å²) in [5.74, 6) is -0.316. The van der Waals surface area contributed by atoms with Crippen LogP contribution in [0.15, 0.2) is 47.3 Å². The van der Waals surface area contributed by atoms with Crippen molar-refractivity contribution in [1.29, 1.82) is 0 Å². The van der Waals surface area contributed by atoms with Gasteiger partial charge in [-0.05, 0) is 53.8 Å². The number of aryl methyl sites for hydroxylation is 1. The van der Waals surface area contributed by atoms with E-state index in [1.807, 2.05) is 25.1 Å². The first-order valence-electron chi connectivity index (χ1n) is 8.07. The van der Waals surface area contributed by atoms with Crippen molar-refractivity contribution < 1.29 is 18.3 Å². The molecule has 1 heterocycles. The normalized spacial score (nSPS) is 11.7. The number of phenols is 1. The molecule has 3 N–H and O–H groups in total. The molecule has 3 rings (SSSR count). The van der Waals surface area contributed by atoms with Crippen LogP contribution >= 0.6 is 0 Å². The number of hydrogen-bond acceptors (Lipinski definition) is 3. The van der Waals surface area contributed by atoms with E-state index in [0.29, 0.717) is 11.1 Å². The molecule has 136 valence electrons. The van der Waals surface area contributed by atoms with Gasteiger partial charge in [0, 0.05) is 17.6 Å². The zero-order chi connectivity index (χ0) is 18.9. The third-order valence-corrected chi connectivity index (χ3v) is 4.19. The van der Waals surface area contributed by atoms with Crippen molar-refractivity contribution in [3.63, 3.8) is 0 Å². The van der Waals surface area contributed by atoms with Gasteiger partial charge in [-0.3, -0.25) is 4.79 Å². The molecule has 0 fully saturated rings. The summed E-state index contributed by atoms with van der Waals surface area (Å²) >= 11 is 0. The fourth-order valence-electron chi connectivity index (χ4n) is 2.70. The number of H-pyrrole nitrogens is 1. The Bertz CT molecular complexity index is 1010. The fraction of sp³-hybridized carbons (Fsp3) is 0.211. The summed E-state index contributed by atoms with van der Waals surface area (Å²) in [7, 11) is 0. The highest BCUT2D eigenvalue weighted by atomic mass is 19.4. The van der Waals surface area contributed by atoms with Crippen LogP contribution in [0, 0.1) is 0 Å². The molecule has 4 nitrogen and oxygen atoms in total. The number of fused-ring (bicyclic) bond motifs is 1. The fourth-order valence-corrected chi connectivity index (χ4v) is 2.70. The van der Waals surface area contributed by atoms with E-state index in [-0.39, 0.29) is 23.5 Å². The topological polar surface area (TPSA) is 65.1 Å². The van der Waals surface area contributed by atoms with Gasteiger partial charge in [0.2, 0.25) is 0 Å². The summed E-state index contributed by atoms with van der Waals surface area (Å²) in [5.41, 5.74) is 0.875. The number of rotatable bonds is 4. The van der Waals surface area contributed by atoms with Crippen LogP contribution in [-0.2, 0) is 19.1 Å². The molecule has 0 saturated carbocycles. The Kier molecular flexibility index (Phi) is 4.63. The van der Waals surface area contributed by atoms with Crippen molar-refractivity contribution in [1.82, 2.24) is 4.98 Å². The second kappa shape index (κ2) is 6.74. The maximum Gasteiger partial charge on any atom is 0.416 e. The number of pyridine rings is 1. The average Bonchev–Trinajstić information content (AvgIpc) is 2.59. The van der Waals surface area contributed by atoms with Gasteiger partial charge in [0.1, 0.15) is 5.75 Å².